The lowest BCUT2D eigenvalue weighted by atomic mass is 10.2. The monoisotopic (exact) mass is 366 g/mol. The third-order valence-electron chi connectivity index (χ3n) is 3.00. The van der Waals surface area contributed by atoms with Crippen LogP contribution in [0.15, 0.2) is 42.5 Å². The highest BCUT2D eigenvalue weighted by molar-refractivity contribution is 6.32. The van der Waals surface area contributed by atoms with Crippen molar-refractivity contribution in [3.8, 4) is 11.5 Å². The van der Waals surface area contributed by atoms with Crippen molar-refractivity contribution in [2.75, 3.05) is 13.2 Å². The highest BCUT2D eigenvalue weighted by Gasteiger charge is 2.09. The highest BCUT2D eigenvalue weighted by Crippen LogP contribution is 2.24. The molecule has 0 aliphatic rings. The second-order valence-electron chi connectivity index (χ2n) is 4.82. The first-order valence-corrected chi connectivity index (χ1v) is 7.77. The van der Waals surface area contributed by atoms with Crippen LogP contribution in [0.25, 0.3) is 0 Å². The standard InChI is InChI=1S/C17H16ClFN2O4/c1-2-24-13-6-3-11(4-7-13)17(23)21-20-16(22)10-25-15-8-5-12(19)9-14(15)18/h3-9H,2,10H2,1H3,(H,20,22)(H,21,23). The molecule has 132 valence electrons. The van der Waals surface area contributed by atoms with Crippen LogP contribution < -0.4 is 20.3 Å². The van der Waals surface area contributed by atoms with Gasteiger partial charge in [0.05, 0.1) is 11.6 Å². The van der Waals surface area contributed by atoms with E-state index in [1.165, 1.54) is 6.07 Å². The third-order valence-corrected chi connectivity index (χ3v) is 3.29. The average molecular weight is 367 g/mol. The molecule has 0 fully saturated rings. The van der Waals surface area contributed by atoms with Crippen LogP contribution in [0.2, 0.25) is 5.02 Å². The molecule has 2 N–H and O–H groups in total. The number of halogens is 2. The maximum atomic E-state index is 12.9. The van der Waals surface area contributed by atoms with Crippen LogP contribution in [-0.4, -0.2) is 25.0 Å². The molecule has 0 unspecified atom stereocenters. The largest absolute Gasteiger partial charge is 0.494 e. The van der Waals surface area contributed by atoms with Gasteiger partial charge in [0.15, 0.2) is 6.61 Å². The lowest BCUT2D eigenvalue weighted by Crippen LogP contribution is -2.43. The third kappa shape index (κ3) is 5.65. The maximum Gasteiger partial charge on any atom is 0.276 e. The second-order valence-corrected chi connectivity index (χ2v) is 5.23. The van der Waals surface area contributed by atoms with Crippen LogP contribution in [0.4, 0.5) is 4.39 Å². The molecule has 0 spiro atoms. The molecule has 6 nitrogen and oxygen atoms in total. The Hall–Kier alpha value is -2.80. The van der Waals surface area contributed by atoms with Gasteiger partial charge in [-0.05, 0) is 49.4 Å². The number of benzene rings is 2. The Morgan fingerprint density at radius 1 is 1.08 bits per heavy atom. The number of amides is 2. The molecule has 0 aliphatic carbocycles. The average Bonchev–Trinajstić information content (AvgIpc) is 2.60. The first-order chi connectivity index (χ1) is 12.0. The number of hydrogen-bond acceptors (Lipinski definition) is 4. The van der Waals surface area contributed by atoms with Crippen LogP contribution in [0.1, 0.15) is 17.3 Å². The number of ether oxygens (including phenoxy) is 2. The summed E-state index contributed by atoms with van der Waals surface area (Å²) in [5.41, 5.74) is 4.82. The van der Waals surface area contributed by atoms with Crippen molar-refractivity contribution in [2.24, 2.45) is 0 Å². The molecule has 0 aromatic heterocycles. The topological polar surface area (TPSA) is 76.7 Å². The van der Waals surface area contributed by atoms with Gasteiger partial charge >= 0.3 is 0 Å². The highest BCUT2D eigenvalue weighted by atomic mass is 35.5. The quantitative estimate of drug-likeness (QED) is 0.771. The predicted molar refractivity (Wildman–Crippen MR) is 90.1 cm³/mol. The molecule has 0 heterocycles. The molecule has 0 saturated heterocycles. The zero-order valence-corrected chi connectivity index (χ0v) is 14.1. The summed E-state index contributed by atoms with van der Waals surface area (Å²) in [5.74, 6) is -0.788. The Bertz CT molecular complexity index is 753. The van der Waals surface area contributed by atoms with Gasteiger partial charge in [0.1, 0.15) is 17.3 Å². The summed E-state index contributed by atoms with van der Waals surface area (Å²) in [4.78, 5) is 23.6. The van der Waals surface area contributed by atoms with Gasteiger partial charge in [-0.1, -0.05) is 11.6 Å². The lowest BCUT2D eigenvalue weighted by Gasteiger charge is -2.10. The zero-order chi connectivity index (χ0) is 18.2. The van der Waals surface area contributed by atoms with E-state index in [0.717, 1.165) is 12.1 Å². The van der Waals surface area contributed by atoms with Crippen molar-refractivity contribution in [3.05, 3.63) is 58.9 Å². The Balaban J connectivity index is 1.79. The molecule has 0 radical (unpaired) electrons. The van der Waals surface area contributed by atoms with Crippen molar-refractivity contribution in [3.63, 3.8) is 0 Å². The van der Waals surface area contributed by atoms with Crippen LogP contribution >= 0.6 is 11.6 Å². The lowest BCUT2D eigenvalue weighted by molar-refractivity contribution is -0.123. The summed E-state index contributed by atoms with van der Waals surface area (Å²) in [5, 5.41) is 0.0474. The van der Waals surface area contributed by atoms with E-state index >= 15 is 0 Å². The molecule has 0 bridgehead atoms. The number of hydrogen-bond donors (Lipinski definition) is 2. The van der Waals surface area contributed by atoms with E-state index in [0.29, 0.717) is 17.9 Å². The van der Waals surface area contributed by atoms with Gasteiger partial charge < -0.3 is 9.47 Å². The maximum absolute atomic E-state index is 12.9. The van der Waals surface area contributed by atoms with E-state index in [1.54, 1.807) is 24.3 Å². The van der Waals surface area contributed by atoms with Gasteiger partial charge in [0.2, 0.25) is 0 Å². The van der Waals surface area contributed by atoms with E-state index in [4.69, 9.17) is 21.1 Å². The van der Waals surface area contributed by atoms with Crippen molar-refractivity contribution in [1.82, 2.24) is 10.9 Å². The molecule has 0 saturated carbocycles. The summed E-state index contributed by atoms with van der Waals surface area (Å²) in [7, 11) is 0. The summed E-state index contributed by atoms with van der Waals surface area (Å²) in [6.07, 6.45) is 0. The van der Waals surface area contributed by atoms with Gasteiger partial charge in [-0.2, -0.15) is 0 Å². The Labute approximate surface area is 148 Å². The van der Waals surface area contributed by atoms with Crippen LogP contribution in [0.3, 0.4) is 0 Å². The number of hydrazine groups is 1. The summed E-state index contributed by atoms with van der Waals surface area (Å²) in [6, 6.07) is 9.99. The first kappa shape index (κ1) is 18.5. The van der Waals surface area contributed by atoms with Crippen LogP contribution in [0, 0.1) is 5.82 Å². The SMILES string of the molecule is CCOc1ccc(C(=O)NNC(=O)COc2ccc(F)cc2Cl)cc1. The number of carbonyl (C=O) groups is 2. The normalized spacial score (nSPS) is 10.0. The summed E-state index contributed by atoms with van der Waals surface area (Å²) >= 11 is 5.78. The molecule has 2 amide bonds. The van der Waals surface area contributed by atoms with E-state index in [1.807, 2.05) is 6.92 Å². The van der Waals surface area contributed by atoms with Gasteiger partial charge in [0.25, 0.3) is 11.8 Å². The minimum absolute atomic E-state index is 0.0474. The van der Waals surface area contributed by atoms with E-state index in [-0.39, 0.29) is 10.8 Å². The molecule has 2 rings (SSSR count). The molecule has 0 atom stereocenters. The minimum Gasteiger partial charge on any atom is -0.494 e. The molecular weight excluding hydrogens is 351 g/mol. The van der Waals surface area contributed by atoms with Crippen molar-refractivity contribution in [1.29, 1.82) is 0 Å². The fraction of sp³-hybridized carbons (Fsp3) is 0.176. The summed E-state index contributed by atoms with van der Waals surface area (Å²) < 4.78 is 23.3. The zero-order valence-electron chi connectivity index (χ0n) is 13.3. The van der Waals surface area contributed by atoms with Gasteiger partial charge in [0, 0.05) is 5.56 Å². The molecule has 8 heteroatoms. The van der Waals surface area contributed by atoms with Gasteiger partial charge in [-0.25, -0.2) is 4.39 Å². The molecule has 0 aliphatic heterocycles. The van der Waals surface area contributed by atoms with Crippen LogP contribution in [0.5, 0.6) is 11.5 Å². The predicted octanol–water partition coefficient (Wildman–Crippen LogP) is 2.72. The number of nitrogens with one attached hydrogen (secondary N) is 2. The Morgan fingerprint density at radius 3 is 2.44 bits per heavy atom. The summed E-state index contributed by atoms with van der Waals surface area (Å²) in [6.45, 7) is 1.99. The van der Waals surface area contributed by atoms with Gasteiger partial charge in [-0.15, -0.1) is 0 Å². The fourth-order valence-electron chi connectivity index (χ4n) is 1.84. The molecule has 2 aromatic carbocycles. The Kier molecular flexibility index (Phi) is 6.59. The fourth-order valence-corrected chi connectivity index (χ4v) is 2.06. The minimum atomic E-state index is -0.598. The van der Waals surface area contributed by atoms with Crippen molar-refractivity contribution < 1.29 is 23.5 Å². The van der Waals surface area contributed by atoms with E-state index < -0.39 is 24.2 Å². The number of carbonyl (C=O) groups excluding carboxylic acids is 2. The van der Waals surface area contributed by atoms with Crippen molar-refractivity contribution in [2.45, 2.75) is 6.92 Å². The van der Waals surface area contributed by atoms with Crippen LogP contribution in [-0.2, 0) is 4.79 Å². The first-order valence-electron chi connectivity index (χ1n) is 7.39. The van der Waals surface area contributed by atoms with E-state index in [9.17, 15) is 14.0 Å². The second kappa shape index (κ2) is 8.89. The van der Waals surface area contributed by atoms with Crippen molar-refractivity contribution >= 4 is 23.4 Å². The number of rotatable bonds is 6. The Morgan fingerprint density at radius 2 is 1.80 bits per heavy atom. The van der Waals surface area contributed by atoms with Gasteiger partial charge in [-0.3, -0.25) is 20.4 Å². The molecular formula is C17H16ClFN2O4. The molecule has 25 heavy (non-hydrogen) atoms. The van der Waals surface area contributed by atoms with E-state index in [2.05, 4.69) is 10.9 Å². The molecule has 2 aromatic rings. The smallest absolute Gasteiger partial charge is 0.276 e.